The molecule has 0 atom stereocenters. The van der Waals surface area contributed by atoms with Crippen LogP contribution in [0.25, 0.3) is 0 Å². The molecule has 3 rings (SSSR count). The maximum atomic E-state index is 6.09. The largest absolute Gasteiger partial charge is 0.486 e. The first-order chi connectivity index (χ1) is 8.67. The minimum Gasteiger partial charge on any atom is -0.486 e. The van der Waals surface area contributed by atoms with Gasteiger partial charge in [-0.05, 0) is 25.0 Å². The van der Waals surface area contributed by atoms with E-state index < -0.39 is 0 Å². The van der Waals surface area contributed by atoms with E-state index in [1.54, 1.807) is 0 Å². The third kappa shape index (κ3) is 2.38. The summed E-state index contributed by atoms with van der Waals surface area (Å²) in [5.41, 5.74) is -0.0159. The second-order valence-corrected chi connectivity index (χ2v) is 5.34. The van der Waals surface area contributed by atoms with E-state index in [-0.39, 0.29) is 5.60 Å². The summed E-state index contributed by atoms with van der Waals surface area (Å²) in [5, 5.41) is 3.44. The normalized spacial score (nSPS) is 19.1. The van der Waals surface area contributed by atoms with Crippen LogP contribution in [0.5, 0.6) is 17.2 Å². The SMILES string of the molecule is CC(C)NCC1(Oc2ccc3c(c2)OCO3)CC1. The molecule has 4 nitrogen and oxygen atoms in total. The van der Waals surface area contributed by atoms with E-state index in [9.17, 15) is 0 Å². The fraction of sp³-hybridized carbons (Fsp3) is 0.571. The van der Waals surface area contributed by atoms with Crippen LogP contribution >= 0.6 is 0 Å². The van der Waals surface area contributed by atoms with Gasteiger partial charge in [0.1, 0.15) is 11.4 Å². The lowest BCUT2D eigenvalue weighted by Crippen LogP contribution is -2.36. The average molecular weight is 249 g/mol. The molecule has 1 aliphatic carbocycles. The van der Waals surface area contributed by atoms with Gasteiger partial charge in [-0.25, -0.2) is 0 Å². The lowest BCUT2D eigenvalue weighted by molar-refractivity contribution is 0.168. The molecule has 1 fully saturated rings. The van der Waals surface area contributed by atoms with Crippen LogP contribution < -0.4 is 19.5 Å². The molecular formula is C14H19NO3. The first-order valence-corrected chi connectivity index (χ1v) is 6.49. The number of rotatable bonds is 5. The van der Waals surface area contributed by atoms with Gasteiger partial charge in [0.05, 0.1) is 0 Å². The van der Waals surface area contributed by atoms with Crippen molar-refractivity contribution in [3.63, 3.8) is 0 Å². The van der Waals surface area contributed by atoms with Gasteiger partial charge in [-0.15, -0.1) is 0 Å². The second kappa shape index (κ2) is 4.35. The standard InChI is InChI=1S/C14H19NO3/c1-10(2)15-8-14(5-6-14)18-11-3-4-12-13(7-11)17-9-16-12/h3-4,7,10,15H,5-6,8-9H2,1-2H3. The van der Waals surface area contributed by atoms with Gasteiger partial charge in [-0.2, -0.15) is 0 Å². The number of ether oxygens (including phenoxy) is 3. The minimum atomic E-state index is -0.0159. The summed E-state index contributed by atoms with van der Waals surface area (Å²) in [6.45, 7) is 5.51. The Labute approximate surface area is 107 Å². The molecule has 1 aromatic carbocycles. The predicted molar refractivity (Wildman–Crippen MR) is 68.3 cm³/mol. The highest BCUT2D eigenvalue weighted by Crippen LogP contribution is 2.42. The highest BCUT2D eigenvalue weighted by atomic mass is 16.7. The van der Waals surface area contributed by atoms with Crippen molar-refractivity contribution >= 4 is 0 Å². The van der Waals surface area contributed by atoms with Crippen LogP contribution in [0.3, 0.4) is 0 Å². The van der Waals surface area contributed by atoms with Crippen molar-refractivity contribution < 1.29 is 14.2 Å². The van der Waals surface area contributed by atoms with E-state index >= 15 is 0 Å². The number of fused-ring (bicyclic) bond motifs is 1. The zero-order valence-corrected chi connectivity index (χ0v) is 10.9. The summed E-state index contributed by atoms with van der Waals surface area (Å²) in [7, 11) is 0. The summed E-state index contributed by atoms with van der Waals surface area (Å²) < 4.78 is 16.7. The number of hydrogen-bond acceptors (Lipinski definition) is 4. The summed E-state index contributed by atoms with van der Waals surface area (Å²) >= 11 is 0. The molecule has 0 spiro atoms. The predicted octanol–water partition coefficient (Wildman–Crippen LogP) is 2.32. The van der Waals surface area contributed by atoms with Gasteiger partial charge in [0.2, 0.25) is 6.79 Å². The van der Waals surface area contributed by atoms with Gasteiger partial charge in [-0.1, -0.05) is 13.8 Å². The molecule has 1 aromatic rings. The summed E-state index contributed by atoms with van der Waals surface area (Å²) in [4.78, 5) is 0. The molecule has 0 radical (unpaired) electrons. The topological polar surface area (TPSA) is 39.7 Å². The van der Waals surface area contributed by atoms with Crippen LogP contribution in [0.1, 0.15) is 26.7 Å². The van der Waals surface area contributed by atoms with E-state index in [0.29, 0.717) is 12.8 Å². The fourth-order valence-corrected chi connectivity index (χ4v) is 2.03. The molecule has 1 N–H and O–H groups in total. The Kier molecular flexibility index (Phi) is 2.82. The maximum Gasteiger partial charge on any atom is 0.231 e. The summed E-state index contributed by atoms with van der Waals surface area (Å²) in [5.74, 6) is 2.44. The average Bonchev–Trinajstić information content (AvgIpc) is 2.94. The zero-order valence-electron chi connectivity index (χ0n) is 10.9. The Balaban J connectivity index is 1.65. The highest BCUT2D eigenvalue weighted by Gasteiger charge is 2.45. The Morgan fingerprint density at radius 2 is 2.06 bits per heavy atom. The number of benzene rings is 1. The van der Waals surface area contributed by atoms with Crippen molar-refractivity contribution in [2.75, 3.05) is 13.3 Å². The quantitative estimate of drug-likeness (QED) is 0.869. The van der Waals surface area contributed by atoms with E-state index in [1.165, 1.54) is 0 Å². The van der Waals surface area contributed by atoms with Crippen molar-refractivity contribution in [3.8, 4) is 17.2 Å². The van der Waals surface area contributed by atoms with Crippen LogP contribution in [0.2, 0.25) is 0 Å². The van der Waals surface area contributed by atoms with Crippen LogP contribution in [0.15, 0.2) is 18.2 Å². The molecule has 0 amide bonds. The van der Waals surface area contributed by atoms with E-state index in [2.05, 4.69) is 19.2 Å². The first-order valence-electron chi connectivity index (χ1n) is 6.49. The molecule has 0 unspecified atom stereocenters. The molecule has 0 aromatic heterocycles. The smallest absolute Gasteiger partial charge is 0.231 e. The van der Waals surface area contributed by atoms with E-state index in [4.69, 9.17) is 14.2 Å². The molecule has 4 heteroatoms. The van der Waals surface area contributed by atoms with Gasteiger partial charge in [0.15, 0.2) is 11.5 Å². The molecular weight excluding hydrogens is 230 g/mol. The van der Waals surface area contributed by atoms with Crippen molar-refractivity contribution in [1.82, 2.24) is 5.32 Å². The minimum absolute atomic E-state index is 0.0159. The van der Waals surface area contributed by atoms with Gasteiger partial charge in [0, 0.05) is 18.7 Å². The van der Waals surface area contributed by atoms with Gasteiger partial charge in [-0.3, -0.25) is 0 Å². The highest BCUT2D eigenvalue weighted by molar-refractivity contribution is 5.47. The number of nitrogens with one attached hydrogen (secondary N) is 1. The van der Waals surface area contributed by atoms with Gasteiger partial charge < -0.3 is 19.5 Å². The van der Waals surface area contributed by atoms with Crippen LogP contribution in [0, 0.1) is 0 Å². The molecule has 0 saturated heterocycles. The summed E-state index contributed by atoms with van der Waals surface area (Å²) in [6, 6.07) is 6.26. The van der Waals surface area contributed by atoms with Crippen LogP contribution in [0.4, 0.5) is 0 Å². The Bertz CT molecular complexity index is 441. The van der Waals surface area contributed by atoms with Gasteiger partial charge in [0.25, 0.3) is 0 Å². The van der Waals surface area contributed by atoms with Crippen molar-refractivity contribution in [3.05, 3.63) is 18.2 Å². The third-order valence-electron chi connectivity index (χ3n) is 3.32. The lowest BCUT2D eigenvalue weighted by atomic mass is 10.2. The molecule has 98 valence electrons. The zero-order chi connectivity index (χ0) is 12.6. The van der Waals surface area contributed by atoms with Crippen molar-refractivity contribution in [1.29, 1.82) is 0 Å². The van der Waals surface area contributed by atoms with Crippen molar-refractivity contribution in [2.24, 2.45) is 0 Å². The monoisotopic (exact) mass is 249 g/mol. The van der Waals surface area contributed by atoms with E-state index in [0.717, 1.165) is 36.6 Å². The third-order valence-corrected chi connectivity index (χ3v) is 3.32. The molecule has 0 bridgehead atoms. The lowest BCUT2D eigenvalue weighted by Gasteiger charge is -2.20. The Morgan fingerprint density at radius 3 is 2.78 bits per heavy atom. The Morgan fingerprint density at radius 1 is 1.28 bits per heavy atom. The fourth-order valence-electron chi connectivity index (χ4n) is 2.03. The second-order valence-electron chi connectivity index (χ2n) is 5.34. The summed E-state index contributed by atoms with van der Waals surface area (Å²) in [6.07, 6.45) is 2.22. The Hall–Kier alpha value is -1.42. The number of hydrogen-bond donors (Lipinski definition) is 1. The molecule has 1 saturated carbocycles. The van der Waals surface area contributed by atoms with Crippen LogP contribution in [-0.2, 0) is 0 Å². The van der Waals surface area contributed by atoms with Gasteiger partial charge >= 0.3 is 0 Å². The molecule has 1 heterocycles. The molecule has 18 heavy (non-hydrogen) atoms. The molecule has 2 aliphatic rings. The first kappa shape index (κ1) is 11.7. The van der Waals surface area contributed by atoms with Crippen molar-refractivity contribution in [2.45, 2.75) is 38.3 Å². The van der Waals surface area contributed by atoms with E-state index in [1.807, 2.05) is 18.2 Å². The van der Waals surface area contributed by atoms with Crippen LogP contribution in [-0.4, -0.2) is 25.0 Å². The maximum absolute atomic E-state index is 6.09. The molecule has 1 aliphatic heterocycles.